The zero-order valence-corrected chi connectivity index (χ0v) is 11.2. The number of hydrogen-bond donors (Lipinski definition) is 0. The Hall–Kier alpha value is -1.34. The molecule has 2 rings (SSSR count). The van der Waals surface area contributed by atoms with Gasteiger partial charge in [0.2, 0.25) is 5.91 Å². The number of amides is 1. The van der Waals surface area contributed by atoms with Crippen LogP contribution in [0.5, 0.6) is 0 Å². The van der Waals surface area contributed by atoms with E-state index in [9.17, 15) is 4.79 Å². The number of carbonyl (C=O) groups is 1. The zero-order chi connectivity index (χ0) is 12.6. The van der Waals surface area contributed by atoms with Crippen LogP contribution in [0.1, 0.15) is 43.6 Å². The molecule has 1 aromatic rings. The number of hydrogen-bond acceptors (Lipinski definition) is 3. The minimum absolute atomic E-state index is 0.0890. The average Bonchev–Trinajstić information content (AvgIpc) is 2.84. The maximum atomic E-state index is 12.0. The van der Waals surface area contributed by atoms with E-state index in [1.54, 1.807) is 16.2 Å². The van der Waals surface area contributed by atoms with Gasteiger partial charge in [0.25, 0.3) is 0 Å². The van der Waals surface area contributed by atoms with Crippen molar-refractivity contribution in [2.45, 2.75) is 33.1 Å². The summed E-state index contributed by atoms with van der Waals surface area (Å²) in [6, 6.07) is 4.12. The van der Waals surface area contributed by atoms with Crippen LogP contribution in [-0.2, 0) is 4.79 Å². The first-order valence-electron chi connectivity index (χ1n) is 5.89. The van der Waals surface area contributed by atoms with Crippen molar-refractivity contribution in [3.8, 4) is 6.07 Å². The van der Waals surface area contributed by atoms with Crippen molar-refractivity contribution >= 4 is 22.2 Å². The summed E-state index contributed by atoms with van der Waals surface area (Å²) in [6.45, 7) is 6.90. The number of nitriles is 1. The van der Waals surface area contributed by atoms with Gasteiger partial charge in [0.05, 0.1) is 5.56 Å². The van der Waals surface area contributed by atoms with Crippen molar-refractivity contribution < 1.29 is 4.79 Å². The van der Waals surface area contributed by atoms with E-state index in [2.05, 4.69) is 19.9 Å². The second-order valence-electron chi connectivity index (χ2n) is 4.81. The third-order valence-corrected chi connectivity index (χ3v) is 4.60. The molecule has 0 bridgehead atoms. The summed E-state index contributed by atoms with van der Waals surface area (Å²) in [5, 5.41) is 9.98. The Morgan fingerprint density at radius 1 is 1.59 bits per heavy atom. The number of rotatable bonds is 2. The summed E-state index contributed by atoms with van der Waals surface area (Å²) in [4.78, 5) is 14.9. The molecule has 1 fully saturated rings. The molecule has 0 N–H and O–H groups in total. The van der Waals surface area contributed by atoms with Crippen molar-refractivity contribution in [2.75, 3.05) is 11.4 Å². The molecule has 90 valence electrons. The van der Waals surface area contributed by atoms with E-state index in [1.165, 1.54) is 4.88 Å². The van der Waals surface area contributed by atoms with Gasteiger partial charge in [-0.1, -0.05) is 20.8 Å². The lowest BCUT2D eigenvalue weighted by molar-refractivity contribution is -0.119. The van der Waals surface area contributed by atoms with Gasteiger partial charge in [0.15, 0.2) is 0 Å². The number of carbonyl (C=O) groups excluding carboxylic acids is 1. The molecule has 1 aromatic heterocycles. The van der Waals surface area contributed by atoms with E-state index < -0.39 is 0 Å². The van der Waals surface area contributed by atoms with Crippen LogP contribution in [0.3, 0.4) is 0 Å². The molecular formula is C13H16N2OS. The van der Waals surface area contributed by atoms with Gasteiger partial charge in [0.1, 0.15) is 11.1 Å². The number of nitrogens with zero attached hydrogens (tertiary/aromatic N) is 2. The fourth-order valence-corrected chi connectivity index (χ4v) is 3.13. The van der Waals surface area contributed by atoms with E-state index in [4.69, 9.17) is 5.26 Å². The second-order valence-corrected chi connectivity index (χ2v) is 5.88. The van der Waals surface area contributed by atoms with Gasteiger partial charge in [-0.25, -0.2) is 0 Å². The second kappa shape index (κ2) is 4.50. The normalized spacial score (nSPS) is 20.1. The lowest BCUT2D eigenvalue weighted by Gasteiger charge is -2.14. The minimum Gasteiger partial charge on any atom is -0.302 e. The van der Waals surface area contributed by atoms with Crippen molar-refractivity contribution in [2.24, 2.45) is 5.92 Å². The minimum atomic E-state index is 0.0890. The highest BCUT2D eigenvalue weighted by Gasteiger charge is 2.31. The van der Waals surface area contributed by atoms with Crippen molar-refractivity contribution in [3.05, 3.63) is 16.5 Å². The first-order chi connectivity index (χ1) is 8.04. The molecule has 1 amide bonds. The van der Waals surface area contributed by atoms with Crippen LogP contribution in [-0.4, -0.2) is 12.5 Å². The standard InChI is InChI=1S/C13H16N2OS/c1-8(2)11-6-10(7-14)13(17-11)15-5-4-9(3)12(15)16/h6,8-9H,4-5H2,1-3H3. The predicted octanol–water partition coefficient (Wildman–Crippen LogP) is 3.12. The van der Waals surface area contributed by atoms with Gasteiger partial charge in [-0.15, -0.1) is 11.3 Å². The summed E-state index contributed by atoms with van der Waals surface area (Å²) in [5.74, 6) is 0.640. The fraction of sp³-hybridized carbons (Fsp3) is 0.538. The molecule has 0 aromatic carbocycles. The molecule has 1 aliphatic rings. The molecule has 1 unspecified atom stereocenters. The Bertz CT molecular complexity index is 484. The van der Waals surface area contributed by atoms with Crippen LogP contribution in [0.4, 0.5) is 5.00 Å². The predicted molar refractivity (Wildman–Crippen MR) is 69.3 cm³/mol. The first kappa shape index (κ1) is 12.1. The third kappa shape index (κ3) is 2.07. The highest BCUT2D eigenvalue weighted by atomic mass is 32.1. The van der Waals surface area contributed by atoms with Crippen molar-refractivity contribution in [3.63, 3.8) is 0 Å². The highest BCUT2D eigenvalue weighted by molar-refractivity contribution is 7.16. The topological polar surface area (TPSA) is 44.1 Å². The summed E-state index contributed by atoms with van der Waals surface area (Å²) in [7, 11) is 0. The van der Waals surface area contributed by atoms with Gasteiger partial charge in [-0.3, -0.25) is 4.79 Å². The quantitative estimate of drug-likeness (QED) is 0.807. The van der Waals surface area contributed by atoms with Gasteiger partial charge in [-0.2, -0.15) is 5.26 Å². The monoisotopic (exact) mass is 248 g/mol. The van der Waals surface area contributed by atoms with E-state index >= 15 is 0 Å². The van der Waals surface area contributed by atoms with E-state index in [1.807, 2.05) is 13.0 Å². The number of thiophene rings is 1. The molecule has 4 heteroatoms. The third-order valence-electron chi connectivity index (χ3n) is 3.14. The van der Waals surface area contributed by atoms with Gasteiger partial charge < -0.3 is 4.90 Å². The fourth-order valence-electron chi connectivity index (χ4n) is 1.99. The number of anilines is 1. The van der Waals surface area contributed by atoms with Crippen LogP contribution in [0, 0.1) is 17.2 Å². The van der Waals surface area contributed by atoms with Gasteiger partial charge in [0, 0.05) is 17.3 Å². The molecule has 0 aliphatic carbocycles. The summed E-state index contributed by atoms with van der Waals surface area (Å²) in [6.07, 6.45) is 0.888. The molecule has 3 nitrogen and oxygen atoms in total. The molecule has 1 aliphatic heterocycles. The first-order valence-corrected chi connectivity index (χ1v) is 6.71. The molecule has 1 saturated heterocycles. The molecule has 1 atom stereocenters. The molecule has 0 saturated carbocycles. The molecular weight excluding hydrogens is 232 g/mol. The van der Waals surface area contributed by atoms with Crippen LogP contribution in [0.25, 0.3) is 0 Å². The average molecular weight is 248 g/mol. The Morgan fingerprint density at radius 2 is 2.29 bits per heavy atom. The van der Waals surface area contributed by atoms with Crippen LogP contribution in [0.15, 0.2) is 6.07 Å². The van der Waals surface area contributed by atoms with Crippen molar-refractivity contribution in [1.29, 1.82) is 5.26 Å². The van der Waals surface area contributed by atoms with E-state index in [0.29, 0.717) is 11.5 Å². The lowest BCUT2D eigenvalue weighted by Crippen LogP contribution is -2.25. The summed E-state index contributed by atoms with van der Waals surface area (Å²) < 4.78 is 0. The zero-order valence-electron chi connectivity index (χ0n) is 10.4. The maximum Gasteiger partial charge on any atom is 0.230 e. The molecule has 2 heterocycles. The molecule has 0 radical (unpaired) electrons. The summed E-state index contributed by atoms with van der Waals surface area (Å²) in [5.41, 5.74) is 0.640. The van der Waals surface area contributed by atoms with E-state index in [-0.39, 0.29) is 11.8 Å². The highest BCUT2D eigenvalue weighted by Crippen LogP contribution is 2.37. The smallest absolute Gasteiger partial charge is 0.230 e. The van der Waals surface area contributed by atoms with Gasteiger partial charge in [-0.05, 0) is 18.4 Å². The van der Waals surface area contributed by atoms with Gasteiger partial charge >= 0.3 is 0 Å². The Labute approximate surface area is 106 Å². The van der Waals surface area contributed by atoms with Crippen LogP contribution >= 0.6 is 11.3 Å². The van der Waals surface area contributed by atoms with Crippen molar-refractivity contribution in [1.82, 2.24) is 0 Å². The SMILES string of the molecule is CC1CCN(c2sc(C(C)C)cc2C#N)C1=O. The summed E-state index contributed by atoms with van der Waals surface area (Å²) >= 11 is 1.58. The Balaban J connectivity index is 2.39. The molecule has 0 spiro atoms. The lowest BCUT2D eigenvalue weighted by atomic mass is 10.1. The Kier molecular flexibility index (Phi) is 3.21. The van der Waals surface area contributed by atoms with Crippen LogP contribution in [0.2, 0.25) is 0 Å². The Morgan fingerprint density at radius 3 is 2.76 bits per heavy atom. The molecule has 17 heavy (non-hydrogen) atoms. The van der Waals surface area contributed by atoms with E-state index in [0.717, 1.165) is 18.0 Å². The largest absolute Gasteiger partial charge is 0.302 e. The van der Waals surface area contributed by atoms with Crippen LogP contribution < -0.4 is 4.90 Å². The maximum absolute atomic E-state index is 12.0.